The summed E-state index contributed by atoms with van der Waals surface area (Å²) in [5.41, 5.74) is -0.602. The third-order valence-corrected chi connectivity index (χ3v) is 4.76. The molecule has 2 heterocycles. The molecule has 0 saturated carbocycles. The number of amides is 1. The van der Waals surface area contributed by atoms with Gasteiger partial charge in [0.1, 0.15) is 0 Å². The summed E-state index contributed by atoms with van der Waals surface area (Å²) >= 11 is 1.51. The van der Waals surface area contributed by atoms with E-state index in [2.05, 4.69) is 0 Å². The standard InChI is InChI=1S/C14H20N2O2S/c1-10-5-6-12(19-10)11(17)9-16-8-7-15(4)13(18)14(16,2)3/h5-6H,7-9H2,1-4H3. The number of ketones is 1. The first-order chi connectivity index (χ1) is 8.82. The lowest BCUT2D eigenvalue weighted by atomic mass is 9.97. The maximum Gasteiger partial charge on any atom is 0.242 e. The molecule has 5 heteroatoms. The number of hydrogen-bond acceptors (Lipinski definition) is 4. The van der Waals surface area contributed by atoms with E-state index in [0.717, 1.165) is 16.3 Å². The van der Waals surface area contributed by atoms with E-state index in [9.17, 15) is 9.59 Å². The molecule has 1 saturated heterocycles. The van der Waals surface area contributed by atoms with Gasteiger partial charge in [-0.05, 0) is 32.9 Å². The predicted octanol–water partition coefficient (Wildman–Crippen LogP) is 1.79. The van der Waals surface area contributed by atoms with Crippen LogP contribution in [-0.4, -0.2) is 53.7 Å². The highest BCUT2D eigenvalue weighted by molar-refractivity contribution is 7.14. The lowest BCUT2D eigenvalue weighted by Crippen LogP contribution is -2.62. The smallest absolute Gasteiger partial charge is 0.242 e. The Morgan fingerprint density at radius 3 is 2.63 bits per heavy atom. The van der Waals surface area contributed by atoms with E-state index >= 15 is 0 Å². The zero-order chi connectivity index (χ0) is 14.2. The number of likely N-dealkylation sites (N-methyl/N-ethyl adjacent to an activating group) is 1. The van der Waals surface area contributed by atoms with Crippen LogP contribution in [0, 0.1) is 6.92 Å². The van der Waals surface area contributed by atoms with Crippen molar-refractivity contribution in [2.75, 3.05) is 26.7 Å². The maximum atomic E-state index is 12.2. The molecule has 0 N–H and O–H groups in total. The van der Waals surface area contributed by atoms with Gasteiger partial charge in [-0.2, -0.15) is 0 Å². The molecule has 1 aliphatic rings. The van der Waals surface area contributed by atoms with Crippen LogP contribution >= 0.6 is 11.3 Å². The van der Waals surface area contributed by atoms with Gasteiger partial charge in [-0.25, -0.2) is 0 Å². The van der Waals surface area contributed by atoms with Gasteiger partial charge in [0.25, 0.3) is 0 Å². The van der Waals surface area contributed by atoms with Crippen molar-refractivity contribution in [3.63, 3.8) is 0 Å². The SMILES string of the molecule is Cc1ccc(C(=O)CN2CCN(C)C(=O)C2(C)C)s1. The van der Waals surface area contributed by atoms with Crippen molar-refractivity contribution in [2.45, 2.75) is 26.3 Å². The number of piperazine rings is 1. The largest absolute Gasteiger partial charge is 0.343 e. The molecule has 0 aliphatic carbocycles. The molecule has 1 aliphatic heterocycles. The van der Waals surface area contributed by atoms with Gasteiger partial charge in [0.2, 0.25) is 5.91 Å². The highest BCUT2D eigenvalue weighted by atomic mass is 32.1. The number of thiophene rings is 1. The van der Waals surface area contributed by atoms with E-state index in [1.54, 1.807) is 4.90 Å². The molecule has 1 fully saturated rings. The van der Waals surface area contributed by atoms with Crippen molar-refractivity contribution in [1.82, 2.24) is 9.80 Å². The fourth-order valence-corrected chi connectivity index (χ4v) is 3.16. The molecular formula is C14H20N2O2S. The Hall–Kier alpha value is -1.20. The Morgan fingerprint density at radius 2 is 2.05 bits per heavy atom. The van der Waals surface area contributed by atoms with E-state index in [4.69, 9.17) is 0 Å². The lowest BCUT2D eigenvalue weighted by Gasteiger charge is -2.44. The number of hydrogen-bond donors (Lipinski definition) is 0. The first kappa shape index (κ1) is 14.2. The Balaban J connectivity index is 2.10. The van der Waals surface area contributed by atoms with Gasteiger partial charge >= 0.3 is 0 Å². The van der Waals surface area contributed by atoms with Crippen molar-refractivity contribution < 1.29 is 9.59 Å². The molecule has 19 heavy (non-hydrogen) atoms. The Labute approximate surface area is 118 Å². The van der Waals surface area contributed by atoms with Crippen LogP contribution < -0.4 is 0 Å². The van der Waals surface area contributed by atoms with E-state index in [0.29, 0.717) is 13.1 Å². The van der Waals surface area contributed by atoms with Gasteiger partial charge in [-0.1, -0.05) is 0 Å². The number of aryl methyl sites for hydroxylation is 1. The summed E-state index contributed by atoms with van der Waals surface area (Å²) in [4.78, 5) is 30.0. The van der Waals surface area contributed by atoms with Crippen LogP contribution in [0.2, 0.25) is 0 Å². The van der Waals surface area contributed by atoms with Crippen molar-refractivity contribution >= 4 is 23.0 Å². The highest BCUT2D eigenvalue weighted by Gasteiger charge is 2.41. The molecule has 2 rings (SSSR count). The van der Waals surface area contributed by atoms with Crippen LogP contribution in [0.4, 0.5) is 0 Å². The number of carbonyl (C=O) groups excluding carboxylic acids is 2. The van der Waals surface area contributed by atoms with Crippen LogP contribution in [0.3, 0.4) is 0 Å². The topological polar surface area (TPSA) is 40.6 Å². The van der Waals surface area contributed by atoms with Gasteiger partial charge in [0.15, 0.2) is 5.78 Å². The van der Waals surface area contributed by atoms with Gasteiger partial charge in [-0.15, -0.1) is 11.3 Å². The summed E-state index contributed by atoms with van der Waals surface area (Å²) in [6, 6.07) is 3.82. The summed E-state index contributed by atoms with van der Waals surface area (Å²) in [5.74, 6) is 0.178. The van der Waals surface area contributed by atoms with Crippen LogP contribution in [0.25, 0.3) is 0 Å². The third kappa shape index (κ3) is 2.72. The van der Waals surface area contributed by atoms with Gasteiger partial charge in [-0.3, -0.25) is 14.5 Å². The Kier molecular flexibility index (Phi) is 3.78. The molecule has 1 aromatic heterocycles. The zero-order valence-corrected chi connectivity index (χ0v) is 12.7. The second kappa shape index (κ2) is 5.06. The lowest BCUT2D eigenvalue weighted by molar-refractivity contribution is -0.146. The zero-order valence-electron chi connectivity index (χ0n) is 11.9. The van der Waals surface area contributed by atoms with Gasteiger partial charge < -0.3 is 4.90 Å². The monoisotopic (exact) mass is 280 g/mol. The van der Waals surface area contributed by atoms with Crippen molar-refractivity contribution in [3.05, 3.63) is 21.9 Å². The Bertz CT molecular complexity index is 507. The summed E-state index contributed by atoms with van der Waals surface area (Å²) < 4.78 is 0. The minimum atomic E-state index is -0.602. The summed E-state index contributed by atoms with van der Waals surface area (Å²) in [6.07, 6.45) is 0. The predicted molar refractivity (Wildman–Crippen MR) is 76.7 cm³/mol. The summed E-state index contributed by atoms with van der Waals surface area (Å²) in [5, 5.41) is 0. The van der Waals surface area contributed by atoms with Gasteiger partial charge in [0.05, 0.1) is 17.0 Å². The molecular weight excluding hydrogens is 260 g/mol. The highest BCUT2D eigenvalue weighted by Crippen LogP contribution is 2.23. The average Bonchev–Trinajstić information content (AvgIpc) is 2.77. The molecule has 0 atom stereocenters. The van der Waals surface area contributed by atoms with Crippen LogP contribution in [-0.2, 0) is 4.79 Å². The molecule has 0 unspecified atom stereocenters. The molecule has 104 valence electrons. The summed E-state index contributed by atoms with van der Waals surface area (Å²) in [7, 11) is 1.81. The number of Topliss-reactive ketones (excluding diaryl/α,β-unsaturated/α-hetero) is 1. The third-order valence-electron chi connectivity index (χ3n) is 3.72. The molecule has 0 bridgehead atoms. The van der Waals surface area contributed by atoms with Crippen LogP contribution in [0.5, 0.6) is 0 Å². The molecule has 1 aromatic rings. The number of carbonyl (C=O) groups is 2. The van der Waals surface area contributed by atoms with E-state index in [1.807, 2.05) is 44.9 Å². The van der Waals surface area contributed by atoms with E-state index in [1.165, 1.54) is 11.3 Å². The minimum Gasteiger partial charge on any atom is -0.343 e. The van der Waals surface area contributed by atoms with Gasteiger partial charge in [0, 0.05) is 25.0 Å². The van der Waals surface area contributed by atoms with E-state index in [-0.39, 0.29) is 11.7 Å². The first-order valence-electron chi connectivity index (χ1n) is 6.42. The second-order valence-corrected chi connectivity index (χ2v) is 6.83. The normalized spacial score (nSPS) is 19.8. The number of rotatable bonds is 3. The van der Waals surface area contributed by atoms with Crippen molar-refractivity contribution in [1.29, 1.82) is 0 Å². The molecule has 1 amide bonds. The van der Waals surface area contributed by atoms with Crippen molar-refractivity contribution in [2.24, 2.45) is 0 Å². The minimum absolute atomic E-state index is 0.0777. The molecule has 4 nitrogen and oxygen atoms in total. The quantitative estimate of drug-likeness (QED) is 0.793. The maximum absolute atomic E-state index is 12.2. The molecule has 0 radical (unpaired) electrons. The summed E-state index contributed by atoms with van der Waals surface area (Å²) in [6.45, 7) is 7.50. The van der Waals surface area contributed by atoms with Crippen LogP contribution in [0.15, 0.2) is 12.1 Å². The average molecular weight is 280 g/mol. The molecule has 0 spiro atoms. The van der Waals surface area contributed by atoms with Crippen LogP contribution in [0.1, 0.15) is 28.4 Å². The van der Waals surface area contributed by atoms with E-state index < -0.39 is 5.54 Å². The number of nitrogens with zero attached hydrogens (tertiary/aromatic N) is 2. The molecule has 0 aromatic carbocycles. The Morgan fingerprint density at radius 1 is 1.37 bits per heavy atom. The second-order valence-electron chi connectivity index (χ2n) is 5.54. The van der Waals surface area contributed by atoms with Crippen molar-refractivity contribution in [3.8, 4) is 0 Å². The fourth-order valence-electron chi connectivity index (χ4n) is 2.37. The first-order valence-corrected chi connectivity index (χ1v) is 7.24. The fraction of sp³-hybridized carbons (Fsp3) is 0.571.